The first-order valence-corrected chi connectivity index (χ1v) is 17.0. The summed E-state index contributed by atoms with van der Waals surface area (Å²) in [5, 5.41) is 36.3. The van der Waals surface area contributed by atoms with Gasteiger partial charge in [-0.3, -0.25) is 9.35 Å². The Morgan fingerprint density at radius 1 is 1.00 bits per heavy atom. The van der Waals surface area contributed by atoms with Gasteiger partial charge in [-0.05, 0) is 110 Å². The van der Waals surface area contributed by atoms with Crippen molar-refractivity contribution in [3.63, 3.8) is 0 Å². The van der Waals surface area contributed by atoms with E-state index in [4.69, 9.17) is 0 Å². The molecule has 0 aromatic heterocycles. The Bertz CT molecular complexity index is 988. The van der Waals surface area contributed by atoms with Crippen molar-refractivity contribution in [3.8, 4) is 0 Å². The monoisotopic (exact) mass is 571 g/mol. The minimum atomic E-state index is -4.19. The van der Waals surface area contributed by atoms with Crippen LogP contribution in [-0.4, -0.2) is 64.3 Å². The summed E-state index contributed by atoms with van der Waals surface area (Å²) < 4.78 is 32.2. The van der Waals surface area contributed by atoms with Crippen molar-refractivity contribution in [3.05, 3.63) is 0 Å². The number of aliphatic hydroxyl groups is 3. The largest absolute Gasteiger partial charge is 0.393 e. The van der Waals surface area contributed by atoms with Crippen molar-refractivity contribution >= 4 is 16.0 Å². The van der Waals surface area contributed by atoms with Crippen LogP contribution in [0, 0.1) is 52.3 Å². The van der Waals surface area contributed by atoms with E-state index >= 15 is 0 Å². The molecule has 4 saturated carbocycles. The zero-order valence-corrected chi connectivity index (χ0v) is 25.4. The van der Waals surface area contributed by atoms with Gasteiger partial charge in [0.25, 0.3) is 10.1 Å². The molecule has 9 heteroatoms. The van der Waals surface area contributed by atoms with Crippen LogP contribution in [0.3, 0.4) is 0 Å². The average Bonchev–Trinajstić information content (AvgIpc) is 3.16. The third-order valence-corrected chi connectivity index (χ3v) is 12.7. The summed E-state index contributed by atoms with van der Waals surface area (Å²) in [5.74, 6) is 0.860. The number of hydrogen-bond acceptors (Lipinski definition) is 6. The summed E-state index contributed by atoms with van der Waals surface area (Å²) in [7, 11) is -4.19. The van der Waals surface area contributed by atoms with Gasteiger partial charge in [0.05, 0.1) is 24.1 Å². The van der Waals surface area contributed by atoms with Crippen LogP contribution in [-0.2, 0) is 14.9 Å². The first-order valence-electron chi connectivity index (χ1n) is 15.3. The standard InChI is InChI=1S/C30H53NO7S/c1-17(2)12-20(16-39(36,37)38)31-27(35)9-6-18(3)22-7-8-23-28-24(15-26(34)30(22,23)5)29(4)11-10-21(32)13-19(29)14-25(28)33/h17-26,28,32-34H,6-16H2,1-5H3,(H,31,35)(H,36,37,38)/t18-,19+,20+,21-,22-,23+,24+,25-,26+,28+,29+,30-/m1/s1. The number of nitrogens with one attached hydrogen (secondary N) is 1. The first kappa shape index (κ1) is 31.2. The molecule has 0 unspecified atom stereocenters. The summed E-state index contributed by atoms with van der Waals surface area (Å²) in [4.78, 5) is 12.8. The minimum absolute atomic E-state index is 0.0435. The number of carbonyl (C=O) groups excluding carboxylic acids is 1. The molecule has 4 rings (SSSR count). The van der Waals surface area contributed by atoms with Crippen molar-refractivity contribution in [2.24, 2.45) is 52.3 Å². The van der Waals surface area contributed by atoms with Gasteiger partial charge in [-0.1, -0.05) is 34.6 Å². The molecule has 0 spiro atoms. The Morgan fingerprint density at radius 3 is 2.33 bits per heavy atom. The molecule has 8 nitrogen and oxygen atoms in total. The van der Waals surface area contributed by atoms with Crippen LogP contribution in [0.5, 0.6) is 0 Å². The number of amides is 1. The van der Waals surface area contributed by atoms with Gasteiger partial charge in [0.1, 0.15) is 0 Å². The zero-order chi connectivity index (χ0) is 28.9. The van der Waals surface area contributed by atoms with Gasteiger partial charge in [-0.15, -0.1) is 0 Å². The normalized spacial score (nSPS) is 43.7. The molecule has 0 aromatic carbocycles. The van der Waals surface area contributed by atoms with Gasteiger partial charge in [0, 0.05) is 12.5 Å². The van der Waals surface area contributed by atoms with Crippen LogP contribution < -0.4 is 5.32 Å². The highest BCUT2D eigenvalue weighted by molar-refractivity contribution is 7.85. The lowest BCUT2D eigenvalue weighted by molar-refractivity contribution is -0.207. The molecule has 4 aliphatic rings. The van der Waals surface area contributed by atoms with E-state index in [-0.39, 0.29) is 64.8 Å². The average molecular weight is 572 g/mol. The fourth-order valence-corrected chi connectivity index (χ4v) is 10.7. The van der Waals surface area contributed by atoms with Crippen molar-refractivity contribution < 1.29 is 33.1 Å². The molecule has 0 aromatic rings. The molecule has 12 atom stereocenters. The lowest BCUT2D eigenvalue weighted by Crippen LogP contribution is -2.62. The molecule has 0 bridgehead atoms. The zero-order valence-electron chi connectivity index (χ0n) is 24.6. The molecule has 4 aliphatic carbocycles. The van der Waals surface area contributed by atoms with Crippen LogP contribution in [0.15, 0.2) is 0 Å². The fourth-order valence-electron chi connectivity index (χ4n) is 9.98. The Balaban J connectivity index is 1.42. The SMILES string of the molecule is CC(C)C[C@@H](CS(=O)(=O)O)NC(=O)CC[C@@H](C)[C@H]1CC[C@H]2[C@@H]3[C@H](O)C[C@@H]4C[C@H](O)CC[C@]4(C)[C@H]3C[C@H](O)[C@]12C. The lowest BCUT2D eigenvalue weighted by Gasteiger charge is -2.63. The van der Waals surface area contributed by atoms with Gasteiger partial charge in [0.2, 0.25) is 5.91 Å². The van der Waals surface area contributed by atoms with Crippen molar-refractivity contribution in [2.45, 2.75) is 123 Å². The van der Waals surface area contributed by atoms with E-state index < -0.39 is 34.1 Å². The van der Waals surface area contributed by atoms with Crippen molar-refractivity contribution in [2.75, 3.05) is 5.75 Å². The highest BCUT2D eigenvalue weighted by Crippen LogP contribution is 2.68. The molecular weight excluding hydrogens is 518 g/mol. The van der Waals surface area contributed by atoms with E-state index in [9.17, 15) is 33.1 Å². The maximum atomic E-state index is 12.8. The van der Waals surface area contributed by atoms with E-state index in [1.54, 1.807) is 0 Å². The van der Waals surface area contributed by atoms with Crippen molar-refractivity contribution in [1.29, 1.82) is 0 Å². The van der Waals surface area contributed by atoms with Crippen LogP contribution >= 0.6 is 0 Å². The fraction of sp³-hybridized carbons (Fsp3) is 0.967. The maximum Gasteiger partial charge on any atom is 0.266 e. The maximum absolute atomic E-state index is 12.8. The van der Waals surface area contributed by atoms with Crippen molar-refractivity contribution in [1.82, 2.24) is 5.32 Å². The lowest BCUT2D eigenvalue weighted by atomic mass is 9.43. The molecule has 5 N–H and O–H groups in total. The minimum Gasteiger partial charge on any atom is -0.393 e. The van der Waals surface area contributed by atoms with Gasteiger partial charge in [0.15, 0.2) is 0 Å². The summed E-state index contributed by atoms with van der Waals surface area (Å²) >= 11 is 0. The van der Waals surface area contributed by atoms with Gasteiger partial charge in [-0.2, -0.15) is 8.42 Å². The third-order valence-electron chi connectivity index (χ3n) is 11.9. The summed E-state index contributed by atoms with van der Waals surface area (Å²) in [6.07, 6.45) is 6.09. The number of rotatable bonds is 9. The van der Waals surface area contributed by atoms with Crippen LogP contribution in [0.4, 0.5) is 0 Å². The molecule has 0 heterocycles. The Labute approximate surface area is 235 Å². The predicted octanol–water partition coefficient (Wildman–Crippen LogP) is 3.78. The van der Waals surface area contributed by atoms with E-state index in [0.717, 1.165) is 38.5 Å². The quantitative estimate of drug-likeness (QED) is 0.265. The summed E-state index contributed by atoms with van der Waals surface area (Å²) in [6.45, 7) is 10.6. The molecule has 39 heavy (non-hydrogen) atoms. The van der Waals surface area contributed by atoms with Crippen LogP contribution in [0.25, 0.3) is 0 Å². The third kappa shape index (κ3) is 6.23. The van der Waals surface area contributed by atoms with E-state index in [0.29, 0.717) is 25.2 Å². The van der Waals surface area contributed by atoms with Crippen LogP contribution in [0.2, 0.25) is 0 Å². The molecule has 1 amide bonds. The number of carbonyl (C=O) groups is 1. The van der Waals surface area contributed by atoms with Gasteiger partial charge in [-0.25, -0.2) is 0 Å². The van der Waals surface area contributed by atoms with E-state index in [2.05, 4.69) is 26.1 Å². The van der Waals surface area contributed by atoms with Gasteiger partial charge >= 0.3 is 0 Å². The number of aliphatic hydroxyl groups excluding tert-OH is 3. The summed E-state index contributed by atoms with van der Waals surface area (Å²) in [6, 6.07) is -0.618. The summed E-state index contributed by atoms with van der Waals surface area (Å²) in [5.41, 5.74) is -0.275. The van der Waals surface area contributed by atoms with Crippen LogP contribution in [0.1, 0.15) is 98.8 Å². The number of fused-ring (bicyclic) bond motifs is 5. The van der Waals surface area contributed by atoms with E-state index in [1.165, 1.54) is 0 Å². The molecule has 0 aliphatic heterocycles. The topological polar surface area (TPSA) is 144 Å². The second kappa shape index (κ2) is 11.5. The molecule has 4 fully saturated rings. The first-order chi connectivity index (χ1) is 18.1. The second-order valence-electron chi connectivity index (χ2n) is 14.7. The molecule has 226 valence electrons. The molecule has 0 radical (unpaired) electrons. The number of hydrogen-bond donors (Lipinski definition) is 5. The second-order valence-corrected chi connectivity index (χ2v) is 16.2. The predicted molar refractivity (Wildman–Crippen MR) is 150 cm³/mol. The Kier molecular flexibility index (Phi) is 9.20. The Morgan fingerprint density at radius 2 is 1.69 bits per heavy atom. The van der Waals surface area contributed by atoms with Gasteiger partial charge < -0.3 is 20.6 Å². The smallest absolute Gasteiger partial charge is 0.266 e. The highest BCUT2D eigenvalue weighted by atomic mass is 32.2. The molecular formula is C30H53NO7S. The van der Waals surface area contributed by atoms with E-state index in [1.807, 2.05) is 13.8 Å². The Hall–Kier alpha value is -0.740. The highest BCUT2D eigenvalue weighted by Gasteiger charge is 2.65. The molecule has 0 saturated heterocycles.